The number of benzene rings is 1. The predicted molar refractivity (Wildman–Crippen MR) is 84.6 cm³/mol. The van der Waals surface area contributed by atoms with E-state index in [-0.39, 0.29) is 16.5 Å². The van der Waals surface area contributed by atoms with Crippen molar-refractivity contribution in [1.82, 2.24) is 0 Å². The van der Waals surface area contributed by atoms with Crippen LogP contribution in [0.25, 0.3) is 0 Å². The fourth-order valence-corrected chi connectivity index (χ4v) is 4.34. The van der Waals surface area contributed by atoms with Gasteiger partial charge in [-0.1, -0.05) is 18.0 Å². The van der Waals surface area contributed by atoms with Crippen LogP contribution in [0.1, 0.15) is 19.3 Å². The van der Waals surface area contributed by atoms with Gasteiger partial charge in [-0.25, -0.2) is 13.2 Å². The lowest BCUT2D eigenvalue weighted by Gasteiger charge is -2.21. The minimum absolute atomic E-state index is 0.0216. The van der Waals surface area contributed by atoms with Crippen LogP contribution in [0.4, 0.5) is 5.69 Å². The molecule has 1 aromatic rings. The van der Waals surface area contributed by atoms with Crippen LogP contribution < -0.4 is 10.1 Å². The molecule has 0 saturated carbocycles. The molecule has 1 saturated heterocycles. The maximum atomic E-state index is 12.2. The average molecular weight is 362 g/mol. The average Bonchev–Trinajstić information content (AvgIpc) is 2.45. The summed E-state index contributed by atoms with van der Waals surface area (Å²) < 4.78 is 28.8. The maximum absolute atomic E-state index is 12.2. The molecule has 9 heteroatoms. The molecule has 1 aliphatic rings. The van der Waals surface area contributed by atoms with E-state index in [9.17, 15) is 18.0 Å². The fraction of sp³-hybridized carbons (Fsp3) is 0.429. The number of hydrogen-bond donors (Lipinski definition) is 2. The summed E-state index contributed by atoms with van der Waals surface area (Å²) in [6.07, 6.45) is 1.58. The third-order valence-corrected chi connectivity index (χ3v) is 5.89. The number of carboxylic acid groups (broad SMARTS) is 1. The number of aliphatic carboxylic acids is 1. The largest absolute Gasteiger partial charge is 0.480 e. The zero-order valence-electron chi connectivity index (χ0n) is 12.1. The van der Waals surface area contributed by atoms with Gasteiger partial charge in [-0.05, 0) is 31.0 Å². The zero-order chi connectivity index (χ0) is 17.0. The summed E-state index contributed by atoms with van der Waals surface area (Å²) in [7, 11) is -3.41. The summed E-state index contributed by atoms with van der Waals surface area (Å²) in [6, 6.07) is 4.26. The molecule has 0 aromatic heterocycles. The molecule has 126 valence electrons. The van der Waals surface area contributed by atoms with E-state index in [1.54, 1.807) is 0 Å². The molecule has 0 spiro atoms. The topological polar surface area (TPSA) is 110 Å². The number of ether oxygens (including phenoxy) is 1. The number of hydrogen-bond acceptors (Lipinski definition) is 5. The third kappa shape index (κ3) is 4.59. The van der Waals surface area contributed by atoms with Crippen LogP contribution in [-0.4, -0.2) is 43.0 Å². The molecule has 1 heterocycles. The molecular formula is C14H16ClNO6S. The monoisotopic (exact) mass is 361 g/mol. The highest BCUT2D eigenvalue weighted by atomic mass is 35.5. The van der Waals surface area contributed by atoms with Crippen molar-refractivity contribution in [2.75, 3.05) is 17.7 Å². The van der Waals surface area contributed by atoms with Gasteiger partial charge >= 0.3 is 5.97 Å². The van der Waals surface area contributed by atoms with Crippen LogP contribution in [0.5, 0.6) is 5.75 Å². The Labute approximate surface area is 138 Å². The van der Waals surface area contributed by atoms with Gasteiger partial charge in [0.2, 0.25) is 5.91 Å². The van der Waals surface area contributed by atoms with Crippen molar-refractivity contribution in [3.05, 3.63) is 23.2 Å². The summed E-state index contributed by atoms with van der Waals surface area (Å²) in [5, 5.41) is 10.2. The van der Waals surface area contributed by atoms with Crippen LogP contribution in [0.3, 0.4) is 0 Å². The molecule has 0 radical (unpaired) electrons. The summed E-state index contributed by atoms with van der Waals surface area (Å²) >= 11 is 5.95. The molecule has 23 heavy (non-hydrogen) atoms. The zero-order valence-corrected chi connectivity index (χ0v) is 13.7. The highest BCUT2D eigenvalue weighted by molar-refractivity contribution is 7.92. The van der Waals surface area contributed by atoms with E-state index < -0.39 is 33.6 Å². The van der Waals surface area contributed by atoms with Crippen molar-refractivity contribution < 1.29 is 27.9 Å². The minimum atomic E-state index is -3.41. The number of carboxylic acids is 1. The molecule has 2 rings (SSSR count). The third-order valence-electron chi connectivity index (χ3n) is 3.42. The van der Waals surface area contributed by atoms with Gasteiger partial charge in [0.1, 0.15) is 11.0 Å². The van der Waals surface area contributed by atoms with E-state index in [2.05, 4.69) is 5.32 Å². The van der Waals surface area contributed by atoms with Crippen molar-refractivity contribution in [2.24, 2.45) is 0 Å². The Bertz CT molecular complexity index is 718. The Kier molecular flexibility index (Phi) is 5.48. The predicted octanol–water partition coefficient (Wildman–Crippen LogP) is 1.71. The number of sulfone groups is 1. The molecule has 1 atom stereocenters. The summed E-state index contributed by atoms with van der Waals surface area (Å²) in [4.78, 5) is 22.6. The van der Waals surface area contributed by atoms with E-state index >= 15 is 0 Å². The van der Waals surface area contributed by atoms with Gasteiger partial charge in [0.25, 0.3) is 0 Å². The van der Waals surface area contributed by atoms with Crippen molar-refractivity contribution in [2.45, 2.75) is 24.5 Å². The van der Waals surface area contributed by atoms with Crippen LogP contribution in [0.15, 0.2) is 18.2 Å². The maximum Gasteiger partial charge on any atom is 0.341 e. The van der Waals surface area contributed by atoms with E-state index in [1.165, 1.54) is 18.2 Å². The van der Waals surface area contributed by atoms with Gasteiger partial charge in [-0.3, -0.25) is 4.79 Å². The molecule has 1 aliphatic heterocycles. The first-order valence-corrected chi connectivity index (χ1v) is 9.05. The molecule has 1 unspecified atom stereocenters. The smallest absolute Gasteiger partial charge is 0.341 e. The number of amides is 1. The quantitative estimate of drug-likeness (QED) is 0.826. The van der Waals surface area contributed by atoms with E-state index in [0.717, 1.165) is 0 Å². The number of carbonyl (C=O) groups is 2. The standard InChI is InChI=1S/C14H16ClNO6S/c15-10-7-9(4-5-11(10)22-8-13(17)18)16-14(19)12-3-1-2-6-23(12,20)21/h4-5,7,12H,1-3,6,8H2,(H,16,19)(H,17,18). The number of anilines is 1. The summed E-state index contributed by atoms with van der Waals surface area (Å²) in [5.74, 6) is -1.54. The molecule has 1 fully saturated rings. The first-order chi connectivity index (χ1) is 10.8. The van der Waals surface area contributed by atoms with Crippen LogP contribution in [-0.2, 0) is 19.4 Å². The molecule has 2 N–H and O–H groups in total. The lowest BCUT2D eigenvalue weighted by atomic mass is 10.2. The SMILES string of the molecule is O=C(O)COc1ccc(NC(=O)C2CCCCS2(=O)=O)cc1Cl. The van der Waals surface area contributed by atoms with Crippen molar-refractivity contribution >= 4 is 39.0 Å². The normalized spacial score (nSPS) is 19.8. The van der Waals surface area contributed by atoms with Crippen LogP contribution >= 0.6 is 11.6 Å². The van der Waals surface area contributed by atoms with Gasteiger partial charge in [0.05, 0.1) is 10.8 Å². The first-order valence-electron chi connectivity index (χ1n) is 6.96. The second kappa shape index (κ2) is 7.18. The Morgan fingerprint density at radius 3 is 2.70 bits per heavy atom. The van der Waals surface area contributed by atoms with Crippen molar-refractivity contribution in [1.29, 1.82) is 0 Å². The van der Waals surface area contributed by atoms with E-state index in [0.29, 0.717) is 24.9 Å². The fourth-order valence-electron chi connectivity index (χ4n) is 2.31. The summed E-state index contributed by atoms with van der Waals surface area (Å²) in [6.45, 7) is -0.536. The molecule has 0 bridgehead atoms. The van der Waals surface area contributed by atoms with Crippen molar-refractivity contribution in [3.8, 4) is 5.75 Å². The highest BCUT2D eigenvalue weighted by Gasteiger charge is 2.34. The molecule has 0 aliphatic carbocycles. The number of rotatable bonds is 5. The lowest BCUT2D eigenvalue weighted by Crippen LogP contribution is -2.39. The van der Waals surface area contributed by atoms with Gasteiger partial charge in [-0.15, -0.1) is 0 Å². The van der Waals surface area contributed by atoms with Crippen LogP contribution in [0.2, 0.25) is 5.02 Å². The number of nitrogens with one attached hydrogen (secondary N) is 1. The second-order valence-corrected chi connectivity index (χ2v) is 7.88. The second-order valence-electron chi connectivity index (χ2n) is 5.17. The van der Waals surface area contributed by atoms with Gasteiger partial charge < -0.3 is 15.2 Å². The Hall–Kier alpha value is -1.80. The van der Waals surface area contributed by atoms with Crippen molar-refractivity contribution in [3.63, 3.8) is 0 Å². The van der Waals surface area contributed by atoms with Gasteiger partial charge in [-0.2, -0.15) is 0 Å². The summed E-state index contributed by atoms with van der Waals surface area (Å²) in [5.41, 5.74) is 0.323. The lowest BCUT2D eigenvalue weighted by molar-refractivity contribution is -0.139. The molecular weight excluding hydrogens is 346 g/mol. The molecule has 7 nitrogen and oxygen atoms in total. The number of carbonyl (C=O) groups excluding carboxylic acids is 1. The molecule has 1 amide bonds. The first kappa shape index (κ1) is 17.6. The van der Waals surface area contributed by atoms with Crippen LogP contribution in [0, 0.1) is 0 Å². The Morgan fingerprint density at radius 2 is 2.09 bits per heavy atom. The Balaban J connectivity index is 2.06. The molecule has 1 aromatic carbocycles. The van der Waals surface area contributed by atoms with Gasteiger partial charge in [0, 0.05) is 5.69 Å². The highest BCUT2D eigenvalue weighted by Crippen LogP contribution is 2.28. The van der Waals surface area contributed by atoms with E-state index in [4.69, 9.17) is 21.4 Å². The minimum Gasteiger partial charge on any atom is -0.480 e. The Morgan fingerprint density at radius 1 is 1.35 bits per heavy atom. The number of halogens is 1. The van der Waals surface area contributed by atoms with E-state index in [1.807, 2.05) is 0 Å². The van der Waals surface area contributed by atoms with Gasteiger partial charge in [0.15, 0.2) is 16.4 Å².